The highest BCUT2D eigenvalue weighted by Gasteiger charge is 2.38. The zero-order chi connectivity index (χ0) is 18.8. The largest absolute Gasteiger partial charge is 0.352 e. The van der Waals surface area contributed by atoms with E-state index < -0.39 is 0 Å². The first-order valence-corrected chi connectivity index (χ1v) is 9.51. The molecule has 27 heavy (non-hydrogen) atoms. The van der Waals surface area contributed by atoms with Gasteiger partial charge in [-0.05, 0) is 24.8 Å². The Kier molecular flexibility index (Phi) is 4.94. The highest BCUT2D eigenvalue weighted by atomic mass is 16.6. The minimum absolute atomic E-state index is 0.206. The minimum atomic E-state index is -0.206. The summed E-state index contributed by atoms with van der Waals surface area (Å²) < 4.78 is 1.70. The second-order valence-corrected chi connectivity index (χ2v) is 7.43. The van der Waals surface area contributed by atoms with Gasteiger partial charge in [-0.1, -0.05) is 36.8 Å². The van der Waals surface area contributed by atoms with E-state index in [0.717, 1.165) is 43.7 Å². The van der Waals surface area contributed by atoms with Crippen molar-refractivity contribution in [3.05, 3.63) is 69.7 Å². The Balaban J connectivity index is 1.66. The average Bonchev–Trinajstić information content (AvgIpc) is 3.05. The normalized spacial score (nSPS) is 18.6. The summed E-state index contributed by atoms with van der Waals surface area (Å²) >= 11 is 0. The number of nitro groups is 1. The summed E-state index contributed by atoms with van der Waals surface area (Å²) in [5.74, 6) is 0. The predicted molar refractivity (Wildman–Crippen MR) is 103 cm³/mol. The van der Waals surface area contributed by atoms with Crippen LogP contribution in [0.5, 0.6) is 0 Å². The van der Waals surface area contributed by atoms with E-state index in [1.807, 2.05) is 31.4 Å². The Hall–Kier alpha value is -2.67. The van der Waals surface area contributed by atoms with Crippen molar-refractivity contribution >= 4 is 5.70 Å². The molecule has 2 heterocycles. The maximum absolute atomic E-state index is 11.9. The molecular weight excluding hydrogens is 342 g/mol. The summed E-state index contributed by atoms with van der Waals surface area (Å²) in [5.41, 5.74) is 3.07. The third-order valence-corrected chi connectivity index (χ3v) is 5.60. The smallest absolute Gasteiger partial charge is 0.284 e. The van der Waals surface area contributed by atoms with E-state index in [-0.39, 0.29) is 10.6 Å². The van der Waals surface area contributed by atoms with Crippen LogP contribution >= 0.6 is 0 Å². The number of aromatic nitrogens is 2. The molecule has 0 N–H and O–H groups in total. The second kappa shape index (κ2) is 7.52. The lowest BCUT2D eigenvalue weighted by atomic mass is 9.91. The fraction of sp³-hybridized carbons (Fsp3) is 0.450. The number of hydrogen-bond donors (Lipinski definition) is 0. The summed E-state index contributed by atoms with van der Waals surface area (Å²) in [7, 11) is 1.84. The molecule has 7 nitrogen and oxygen atoms in total. The third kappa shape index (κ3) is 3.73. The summed E-state index contributed by atoms with van der Waals surface area (Å²) in [6, 6.07) is 10.8. The molecule has 0 bridgehead atoms. The monoisotopic (exact) mass is 367 g/mol. The van der Waals surface area contributed by atoms with Crippen LogP contribution in [0.4, 0.5) is 0 Å². The molecule has 7 heteroatoms. The SMILES string of the molecule is Cn1cc(C2=C([N+](=O)[O-])CN(C3CCC3)CN2CCc2ccccc2)cn1. The zero-order valence-corrected chi connectivity index (χ0v) is 15.6. The van der Waals surface area contributed by atoms with Gasteiger partial charge in [0, 0.05) is 31.4 Å². The van der Waals surface area contributed by atoms with E-state index in [1.165, 1.54) is 12.0 Å². The topological polar surface area (TPSA) is 67.4 Å². The van der Waals surface area contributed by atoms with E-state index in [2.05, 4.69) is 27.0 Å². The minimum Gasteiger partial charge on any atom is -0.352 e. The van der Waals surface area contributed by atoms with E-state index in [0.29, 0.717) is 12.6 Å². The van der Waals surface area contributed by atoms with E-state index in [1.54, 1.807) is 10.9 Å². The highest BCUT2D eigenvalue weighted by Crippen LogP contribution is 2.33. The van der Waals surface area contributed by atoms with Gasteiger partial charge in [0.1, 0.15) is 5.70 Å². The molecule has 142 valence electrons. The van der Waals surface area contributed by atoms with Crippen LogP contribution in [0.15, 0.2) is 48.4 Å². The summed E-state index contributed by atoms with van der Waals surface area (Å²) in [6.07, 6.45) is 7.95. The Labute approximate surface area is 159 Å². The lowest BCUT2D eigenvalue weighted by molar-refractivity contribution is -0.429. The summed E-state index contributed by atoms with van der Waals surface area (Å²) in [4.78, 5) is 16.1. The molecule has 0 atom stereocenters. The van der Waals surface area contributed by atoms with Crippen LogP contribution in [0.25, 0.3) is 5.70 Å². The molecule has 1 aromatic heterocycles. The fourth-order valence-electron chi connectivity index (χ4n) is 3.91. The Bertz CT molecular complexity index is 841. The first-order valence-electron chi connectivity index (χ1n) is 9.51. The fourth-order valence-corrected chi connectivity index (χ4v) is 3.91. The molecule has 2 aromatic rings. The van der Waals surface area contributed by atoms with Gasteiger partial charge in [-0.2, -0.15) is 5.10 Å². The maximum atomic E-state index is 11.9. The molecule has 2 aliphatic rings. The molecule has 1 aromatic carbocycles. The first-order chi connectivity index (χ1) is 13.1. The third-order valence-electron chi connectivity index (χ3n) is 5.60. The van der Waals surface area contributed by atoms with Crippen LogP contribution in [0.1, 0.15) is 30.4 Å². The van der Waals surface area contributed by atoms with Gasteiger partial charge in [0.15, 0.2) is 0 Å². The number of rotatable bonds is 6. The molecule has 1 saturated carbocycles. The molecule has 0 saturated heterocycles. The lowest BCUT2D eigenvalue weighted by Crippen LogP contribution is -2.51. The number of hydrogen-bond acceptors (Lipinski definition) is 5. The first kappa shape index (κ1) is 17.7. The molecule has 0 radical (unpaired) electrons. The van der Waals surface area contributed by atoms with Crippen LogP contribution in [-0.2, 0) is 13.5 Å². The highest BCUT2D eigenvalue weighted by molar-refractivity contribution is 5.66. The van der Waals surface area contributed by atoms with Crippen molar-refractivity contribution < 1.29 is 4.92 Å². The van der Waals surface area contributed by atoms with Crippen molar-refractivity contribution in [2.24, 2.45) is 7.05 Å². The van der Waals surface area contributed by atoms with Crippen LogP contribution in [0.2, 0.25) is 0 Å². The molecule has 1 aliphatic heterocycles. The zero-order valence-electron chi connectivity index (χ0n) is 15.6. The molecule has 1 aliphatic carbocycles. The van der Waals surface area contributed by atoms with Crippen molar-refractivity contribution in [1.29, 1.82) is 0 Å². The second-order valence-electron chi connectivity index (χ2n) is 7.43. The maximum Gasteiger partial charge on any atom is 0.284 e. The van der Waals surface area contributed by atoms with Gasteiger partial charge in [-0.25, -0.2) is 0 Å². The molecular formula is C20H25N5O2. The lowest BCUT2D eigenvalue weighted by Gasteiger charge is -2.43. The quantitative estimate of drug-likeness (QED) is 0.580. The summed E-state index contributed by atoms with van der Waals surface area (Å²) in [6.45, 7) is 1.89. The van der Waals surface area contributed by atoms with E-state index in [9.17, 15) is 10.1 Å². The van der Waals surface area contributed by atoms with Gasteiger partial charge in [0.25, 0.3) is 5.70 Å². The van der Waals surface area contributed by atoms with Gasteiger partial charge in [-0.3, -0.25) is 19.7 Å². The Morgan fingerprint density at radius 2 is 2.04 bits per heavy atom. The summed E-state index contributed by atoms with van der Waals surface area (Å²) in [5, 5.41) is 16.1. The predicted octanol–water partition coefficient (Wildman–Crippen LogP) is 2.74. The van der Waals surface area contributed by atoms with Gasteiger partial charge in [0.05, 0.1) is 24.3 Å². The molecule has 1 fully saturated rings. The molecule has 0 unspecified atom stereocenters. The number of nitrogens with zero attached hydrogens (tertiary/aromatic N) is 5. The Morgan fingerprint density at radius 3 is 2.63 bits per heavy atom. The van der Waals surface area contributed by atoms with Crippen molar-refractivity contribution in [3.8, 4) is 0 Å². The van der Waals surface area contributed by atoms with Gasteiger partial charge in [0.2, 0.25) is 0 Å². The van der Waals surface area contributed by atoms with Gasteiger partial charge in [-0.15, -0.1) is 0 Å². The van der Waals surface area contributed by atoms with Gasteiger partial charge < -0.3 is 4.90 Å². The van der Waals surface area contributed by atoms with Crippen molar-refractivity contribution in [2.45, 2.75) is 31.7 Å². The average molecular weight is 367 g/mol. The van der Waals surface area contributed by atoms with Gasteiger partial charge >= 0.3 is 0 Å². The number of benzene rings is 1. The van der Waals surface area contributed by atoms with Crippen molar-refractivity contribution in [1.82, 2.24) is 19.6 Å². The van der Waals surface area contributed by atoms with Crippen molar-refractivity contribution in [3.63, 3.8) is 0 Å². The van der Waals surface area contributed by atoms with E-state index >= 15 is 0 Å². The molecule has 0 amide bonds. The standard InChI is InChI=1S/C20H25N5O2/c1-22-13-17(12-21-22)20-19(25(26)27)14-24(18-8-5-9-18)15-23(20)11-10-16-6-3-2-4-7-16/h2-4,6-7,12-13,18H,5,8-11,14-15H2,1H3. The van der Waals surface area contributed by atoms with Crippen LogP contribution in [-0.4, -0.2) is 50.3 Å². The molecule has 0 spiro atoms. The molecule has 4 rings (SSSR count). The van der Waals surface area contributed by atoms with Crippen LogP contribution in [0.3, 0.4) is 0 Å². The number of aryl methyl sites for hydroxylation is 1. The van der Waals surface area contributed by atoms with Crippen LogP contribution < -0.4 is 0 Å². The van der Waals surface area contributed by atoms with Crippen LogP contribution in [0, 0.1) is 10.1 Å². The Morgan fingerprint density at radius 1 is 1.26 bits per heavy atom. The van der Waals surface area contributed by atoms with E-state index in [4.69, 9.17) is 0 Å². The van der Waals surface area contributed by atoms with Crippen molar-refractivity contribution in [2.75, 3.05) is 19.8 Å².